The molecule has 0 aliphatic carbocycles. The summed E-state index contributed by atoms with van der Waals surface area (Å²) in [4.78, 5) is 22.2. The number of halogens is 1. The molecular formula is C14H18FNO3. The average molecular weight is 267 g/mol. The van der Waals surface area contributed by atoms with Gasteiger partial charge in [-0.2, -0.15) is 0 Å². The van der Waals surface area contributed by atoms with Crippen LogP contribution >= 0.6 is 0 Å². The summed E-state index contributed by atoms with van der Waals surface area (Å²) in [6, 6.07) is 3.55. The van der Waals surface area contributed by atoms with Gasteiger partial charge in [0.25, 0.3) is 0 Å². The topological polar surface area (TPSA) is 66.4 Å². The molecular weight excluding hydrogens is 249 g/mol. The lowest BCUT2D eigenvalue weighted by molar-refractivity contribution is -0.116. The number of carbonyl (C=O) groups excluding carboxylic acids is 1. The van der Waals surface area contributed by atoms with E-state index in [1.54, 1.807) is 0 Å². The molecule has 1 aromatic rings. The highest BCUT2D eigenvalue weighted by Crippen LogP contribution is 2.15. The standard InChI is InChI=1S/C14H18FNO3/c1-2-3-4-5-6-13(17)16-10-7-8-11(14(18)19)12(15)9-10/h7-9H,2-6H2,1H3,(H,16,17)(H,18,19). The summed E-state index contributed by atoms with van der Waals surface area (Å²) in [5.41, 5.74) is -0.121. The zero-order valence-electron chi connectivity index (χ0n) is 10.9. The van der Waals surface area contributed by atoms with Crippen molar-refractivity contribution in [2.45, 2.75) is 39.0 Å². The van der Waals surface area contributed by atoms with Crippen molar-refractivity contribution in [3.05, 3.63) is 29.6 Å². The number of carboxylic acid groups (broad SMARTS) is 1. The molecule has 0 aliphatic rings. The Bertz CT molecular complexity index is 460. The van der Waals surface area contributed by atoms with E-state index in [-0.39, 0.29) is 11.6 Å². The van der Waals surface area contributed by atoms with Crippen molar-refractivity contribution >= 4 is 17.6 Å². The maximum absolute atomic E-state index is 13.4. The van der Waals surface area contributed by atoms with E-state index in [2.05, 4.69) is 12.2 Å². The van der Waals surface area contributed by atoms with Gasteiger partial charge in [0.05, 0.1) is 5.56 Å². The van der Waals surface area contributed by atoms with E-state index < -0.39 is 17.3 Å². The molecule has 0 bridgehead atoms. The molecule has 1 rings (SSSR count). The third kappa shape index (κ3) is 5.07. The predicted molar refractivity (Wildman–Crippen MR) is 70.7 cm³/mol. The Kier molecular flexibility index (Phi) is 5.99. The molecule has 104 valence electrons. The van der Waals surface area contributed by atoms with Crippen LogP contribution in [-0.4, -0.2) is 17.0 Å². The number of amides is 1. The minimum Gasteiger partial charge on any atom is -0.478 e. The summed E-state index contributed by atoms with van der Waals surface area (Å²) in [5.74, 6) is -2.36. The molecule has 0 saturated heterocycles. The second-order valence-corrected chi connectivity index (χ2v) is 4.36. The van der Waals surface area contributed by atoms with Gasteiger partial charge >= 0.3 is 5.97 Å². The predicted octanol–water partition coefficient (Wildman–Crippen LogP) is 3.43. The van der Waals surface area contributed by atoms with Crippen molar-refractivity contribution < 1.29 is 19.1 Å². The van der Waals surface area contributed by atoms with Crippen LogP contribution in [0.2, 0.25) is 0 Å². The molecule has 1 amide bonds. The van der Waals surface area contributed by atoms with Gasteiger partial charge in [-0.15, -0.1) is 0 Å². The largest absolute Gasteiger partial charge is 0.478 e. The number of carbonyl (C=O) groups is 2. The normalized spacial score (nSPS) is 10.2. The molecule has 0 saturated carbocycles. The summed E-state index contributed by atoms with van der Waals surface area (Å²) in [6.07, 6.45) is 4.38. The molecule has 19 heavy (non-hydrogen) atoms. The maximum atomic E-state index is 13.4. The molecule has 1 aromatic carbocycles. The van der Waals surface area contributed by atoms with Crippen LogP contribution in [0.15, 0.2) is 18.2 Å². The summed E-state index contributed by atoms with van der Waals surface area (Å²) < 4.78 is 13.4. The van der Waals surface area contributed by atoms with Crippen molar-refractivity contribution in [1.82, 2.24) is 0 Å². The smallest absolute Gasteiger partial charge is 0.338 e. The highest BCUT2D eigenvalue weighted by Gasteiger charge is 2.11. The highest BCUT2D eigenvalue weighted by atomic mass is 19.1. The fourth-order valence-electron chi connectivity index (χ4n) is 1.70. The first-order valence-corrected chi connectivity index (χ1v) is 6.37. The summed E-state index contributed by atoms with van der Waals surface area (Å²) in [5, 5.41) is 11.2. The number of aromatic carboxylic acids is 1. The van der Waals surface area contributed by atoms with Crippen LogP contribution in [0.3, 0.4) is 0 Å². The van der Waals surface area contributed by atoms with Gasteiger partial charge in [-0.1, -0.05) is 26.2 Å². The van der Waals surface area contributed by atoms with E-state index in [0.29, 0.717) is 6.42 Å². The van der Waals surface area contributed by atoms with Gasteiger partial charge in [-0.3, -0.25) is 4.79 Å². The number of carboxylic acids is 1. The number of hydrogen-bond donors (Lipinski definition) is 2. The van der Waals surface area contributed by atoms with E-state index in [1.165, 1.54) is 6.07 Å². The molecule has 0 aromatic heterocycles. The summed E-state index contributed by atoms with van der Waals surface area (Å²) in [6.45, 7) is 2.09. The first-order valence-electron chi connectivity index (χ1n) is 6.37. The maximum Gasteiger partial charge on any atom is 0.338 e. The molecule has 4 nitrogen and oxygen atoms in total. The number of rotatable bonds is 7. The number of unbranched alkanes of at least 4 members (excludes halogenated alkanes) is 3. The zero-order chi connectivity index (χ0) is 14.3. The fraction of sp³-hybridized carbons (Fsp3) is 0.429. The molecule has 0 aliphatic heterocycles. The van der Waals surface area contributed by atoms with Crippen molar-refractivity contribution in [3.63, 3.8) is 0 Å². The van der Waals surface area contributed by atoms with Crippen molar-refractivity contribution in [2.75, 3.05) is 5.32 Å². The lowest BCUT2D eigenvalue weighted by Gasteiger charge is -2.06. The SMILES string of the molecule is CCCCCCC(=O)Nc1ccc(C(=O)O)c(F)c1. The number of nitrogens with one attached hydrogen (secondary N) is 1. The van der Waals surface area contributed by atoms with E-state index in [1.807, 2.05) is 0 Å². The Morgan fingerprint density at radius 3 is 2.58 bits per heavy atom. The van der Waals surface area contributed by atoms with Crippen LogP contribution in [-0.2, 0) is 4.79 Å². The Morgan fingerprint density at radius 1 is 1.26 bits per heavy atom. The van der Waals surface area contributed by atoms with Gasteiger partial charge in [-0.25, -0.2) is 9.18 Å². The second kappa shape index (κ2) is 7.51. The molecule has 0 spiro atoms. The summed E-state index contributed by atoms with van der Waals surface area (Å²) in [7, 11) is 0. The van der Waals surface area contributed by atoms with Crippen molar-refractivity contribution in [1.29, 1.82) is 0 Å². The van der Waals surface area contributed by atoms with Gasteiger partial charge in [-0.05, 0) is 24.6 Å². The minimum absolute atomic E-state index is 0.182. The number of hydrogen-bond acceptors (Lipinski definition) is 2. The monoisotopic (exact) mass is 267 g/mol. The van der Waals surface area contributed by atoms with Gasteiger partial charge in [0.2, 0.25) is 5.91 Å². The third-order valence-electron chi connectivity index (χ3n) is 2.74. The van der Waals surface area contributed by atoms with E-state index in [0.717, 1.165) is 37.8 Å². The Morgan fingerprint density at radius 2 is 2.00 bits per heavy atom. The van der Waals surface area contributed by atoms with E-state index in [4.69, 9.17) is 5.11 Å². The van der Waals surface area contributed by atoms with Crippen LogP contribution in [0.5, 0.6) is 0 Å². The molecule has 0 unspecified atom stereocenters. The molecule has 2 N–H and O–H groups in total. The Hall–Kier alpha value is -1.91. The molecule has 0 radical (unpaired) electrons. The van der Waals surface area contributed by atoms with Crippen molar-refractivity contribution in [2.24, 2.45) is 0 Å². The first-order chi connectivity index (χ1) is 9.04. The van der Waals surface area contributed by atoms with Crippen molar-refractivity contribution in [3.8, 4) is 0 Å². The third-order valence-corrected chi connectivity index (χ3v) is 2.74. The lowest BCUT2D eigenvalue weighted by Crippen LogP contribution is -2.12. The van der Waals surface area contributed by atoms with Gasteiger partial charge in [0.1, 0.15) is 5.82 Å². The lowest BCUT2D eigenvalue weighted by atomic mass is 10.1. The van der Waals surface area contributed by atoms with Crippen LogP contribution in [0, 0.1) is 5.82 Å². The Balaban J connectivity index is 2.51. The van der Waals surface area contributed by atoms with Crippen LogP contribution in [0.25, 0.3) is 0 Å². The van der Waals surface area contributed by atoms with Gasteiger partial charge < -0.3 is 10.4 Å². The zero-order valence-corrected chi connectivity index (χ0v) is 10.9. The highest BCUT2D eigenvalue weighted by molar-refractivity contribution is 5.92. The number of benzene rings is 1. The fourth-order valence-corrected chi connectivity index (χ4v) is 1.70. The average Bonchev–Trinajstić information content (AvgIpc) is 2.34. The van der Waals surface area contributed by atoms with Crippen LogP contribution in [0.1, 0.15) is 49.4 Å². The number of anilines is 1. The second-order valence-electron chi connectivity index (χ2n) is 4.36. The van der Waals surface area contributed by atoms with Crippen LogP contribution < -0.4 is 5.32 Å². The van der Waals surface area contributed by atoms with Gasteiger partial charge in [0, 0.05) is 12.1 Å². The summed E-state index contributed by atoms with van der Waals surface area (Å²) >= 11 is 0. The molecule has 0 heterocycles. The van der Waals surface area contributed by atoms with E-state index in [9.17, 15) is 14.0 Å². The van der Waals surface area contributed by atoms with Gasteiger partial charge in [0.15, 0.2) is 0 Å². The molecule has 5 heteroatoms. The first kappa shape index (κ1) is 15.1. The quantitative estimate of drug-likeness (QED) is 0.744. The molecule has 0 atom stereocenters. The molecule has 0 fully saturated rings. The minimum atomic E-state index is -1.32. The van der Waals surface area contributed by atoms with Crippen LogP contribution in [0.4, 0.5) is 10.1 Å². The van der Waals surface area contributed by atoms with E-state index >= 15 is 0 Å². The Labute approximate surface area is 111 Å².